The van der Waals surface area contributed by atoms with Crippen molar-refractivity contribution in [3.8, 4) is 0 Å². The summed E-state index contributed by atoms with van der Waals surface area (Å²) in [5.74, 6) is 0. The van der Waals surface area contributed by atoms with E-state index in [2.05, 4.69) is 30.6 Å². The molecule has 0 aromatic heterocycles. The highest BCUT2D eigenvalue weighted by molar-refractivity contribution is 5.05. The van der Waals surface area contributed by atoms with Crippen LogP contribution in [0.3, 0.4) is 0 Å². The van der Waals surface area contributed by atoms with Gasteiger partial charge in [-0.15, -0.1) is 6.58 Å². The first-order chi connectivity index (χ1) is 9.69. The van der Waals surface area contributed by atoms with Gasteiger partial charge in [-0.2, -0.15) is 0 Å². The zero-order valence-corrected chi connectivity index (χ0v) is 13.4. The Bertz CT molecular complexity index is 304. The van der Waals surface area contributed by atoms with Gasteiger partial charge in [0.2, 0.25) is 0 Å². The molecule has 1 N–H and O–H groups in total. The Morgan fingerprint density at radius 2 is 1.95 bits per heavy atom. The molecule has 1 saturated carbocycles. The first kappa shape index (κ1) is 16.0. The standard InChI is InChI=1S/C17H32N2O/c1-4-18-16(8-7-15(2)3)17(9-5-6-10-17)19-11-13-20-14-12-19/h16,18H,2,4-14H2,1,3H3. The van der Waals surface area contributed by atoms with Gasteiger partial charge in [-0.05, 0) is 39.2 Å². The Morgan fingerprint density at radius 3 is 2.50 bits per heavy atom. The lowest BCUT2D eigenvalue weighted by Crippen LogP contribution is -2.62. The maximum atomic E-state index is 5.57. The van der Waals surface area contributed by atoms with Gasteiger partial charge in [0.15, 0.2) is 0 Å². The van der Waals surface area contributed by atoms with Crippen LogP contribution < -0.4 is 5.32 Å². The molecule has 2 fully saturated rings. The van der Waals surface area contributed by atoms with Crippen molar-refractivity contribution < 1.29 is 4.74 Å². The van der Waals surface area contributed by atoms with Crippen molar-refractivity contribution in [3.63, 3.8) is 0 Å². The Hall–Kier alpha value is -0.380. The van der Waals surface area contributed by atoms with E-state index in [-0.39, 0.29) is 0 Å². The van der Waals surface area contributed by atoms with Crippen LogP contribution in [0.5, 0.6) is 0 Å². The number of rotatable bonds is 7. The minimum Gasteiger partial charge on any atom is -0.379 e. The molecule has 2 aliphatic rings. The maximum Gasteiger partial charge on any atom is 0.0594 e. The summed E-state index contributed by atoms with van der Waals surface area (Å²) in [5, 5.41) is 3.79. The van der Waals surface area contributed by atoms with Gasteiger partial charge in [0.25, 0.3) is 0 Å². The number of hydrogen-bond acceptors (Lipinski definition) is 3. The fourth-order valence-electron chi connectivity index (χ4n) is 4.08. The Labute approximate surface area is 124 Å². The van der Waals surface area contributed by atoms with Crippen LogP contribution in [0.4, 0.5) is 0 Å². The summed E-state index contributed by atoms with van der Waals surface area (Å²) in [5.41, 5.74) is 1.68. The van der Waals surface area contributed by atoms with Gasteiger partial charge in [-0.3, -0.25) is 4.90 Å². The summed E-state index contributed by atoms with van der Waals surface area (Å²) < 4.78 is 5.57. The van der Waals surface area contributed by atoms with E-state index in [1.807, 2.05) is 0 Å². The van der Waals surface area contributed by atoms with Gasteiger partial charge in [-0.1, -0.05) is 25.3 Å². The summed E-state index contributed by atoms with van der Waals surface area (Å²) in [4.78, 5) is 2.73. The summed E-state index contributed by atoms with van der Waals surface area (Å²) in [6.45, 7) is 13.6. The topological polar surface area (TPSA) is 24.5 Å². The summed E-state index contributed by atoms with van der Waals surface area (Å²) in [6.07, 6.45) is 7.82. The highest BCUT2D eigenvalue weighted by Crippen LogP contribution is 2.40. The fraction of sp³-hybridized carbons (Fsp3) is 0.882. The van der Waals surface area contributed by atoms with E-state index in [0.717, 1.165) is 39.3 Å². The van der Waals surface area contributed by atoms with Gasteiger partial charge in [0, 0.05) is 24.7 Å². The van der Waals surface area contributed by atoms with Crippen LogP contribution in [0.2, 0.25) is 0 Å². The summed E-state index contributed by atoms with van der Waals surface area (Å²) in [6, 6.07) is 0.602. The predicted octanol–water partition coefficient (Wildman–Crippen LogP) is 2.97. The number of morpholine rings is 1. The lowest BCUT2D eigenvalue weighted by molar-refractivity contribution is -0.0366. The second kappa shape index (κ2) is 7.58. The molecule has 0 radical (unpaired) electrons. The Kier molecular flexibility index (Phi) is 6.06. The van der Waals surface area contributed by atoms with Crippen LogP contribution in [-0.2, 0) is 4.74 Å². The molecule has 0 aromatic carbocycles. The van der Waals surface area contributed by atoms with Gasteiger partial charge in [0.1, 0.15) is 0 Å². The molecule has 1 aliphatic heterocycles. The zero-order valence-electron chi connectivity index (χ0n) is 13.4. The molecule has 1 atom stereocenters. The molecule has 0 bridgehead atoms. The van der Waals surface area contributed by atoms with Gasteiger partial charge in [0.05, 0.1) is 13.2 Å². The fourth-order valence-corrected chi connectivity index (χ4v) is 4.08. The Morgan fingerprint density at radius 1 is 1.30 bits per heavy atom. The van der Waals surface area contributed by atoms with E-state index in [0.29, 0.717) is 11.6 Å². The molecule has 1 aliphatic carbocycles. The van der Waals surface area contributed by atoms with Crippen molar-refractivity contribution in [3.05, 3.63) is 12.2 Å². The molecule has 3 heteroatoms. The van der Waals surface area contributed by atoms with Gasteiger partial charge in [-0.25, -0.2) is 0 Å². The van der Waals surface area contributed by atoms with Crippen molar-refractivity contribution in [1.29, 1.82) is 0 Å². The minimum absolute atomic E-state index is 0.370. The second-order valence-corrected chi connectivity index (χ2v) is 6.52. The molecular formula is C17H32N2O. The number of allylic oxidation sites excluding steroid dienone is 1. The number of likely N-dealkylation sites (N-methyl/N-ethyl adjacent to an activating group) is 1. The van der Waals surface area contributed by atoms with Crippen LogP contribution in [0.1, 0.15) is 52.4 Å². The van der Waals surface area contributed by atoms with Crippen LogP contribution in [0.15, 0.2) is 12.2 Å². The average molecular weight is 280 g/mol. The van der Waals surface area contributed by atoms with E-state index in [9.17, 15) is 0 Å². The SMILES string of the molecule is C=C(C)CCC(NCC)C1(N2CCOCC2)CCCC1. The number of nitrogens with one attached hydrogen (secondary N) is 1. The second-order valence-electron chi connectivity index (χ2n) is 6.52. The van der Waals surface area contributed by atoms with E-state index in [4.69, 9.17) is 4.74 Å². The molecule has 1 unspecified atom stereocenters. The van der Waals surface area contributed by atoms with Crippen molar-refractivity contribution >= 4 is 0 Å². The summed E-state index contributed by atoms with van der Waals surface area (Å²) >= 11 is 0. The maximum absolute atomic E-state index is 5.57. The van der Waals surface area contributed by atoms with E-state index in [1.54, 1.807) is 0 Å². The highest BCUT2D eigenvalue weighted by atomic mass is 16.5. The monoisotopic (exact) mass is 280 g/mol. The van der Waals surface area contributed by atoms with E-state index >= 15 is 0 Å². The van der Waals surface area contributed by atoms with Crippen molar-refractivity contribution in [1.82, 2.24) is 10.2 Å². The third-order valence-corrected chi connectivity index (χ3v) is 5.07. The van der Waals surface area contributed by atoms with E-state index < -0.39 is 0 Å². The molecule has 1 heterocycles. The molecular weight excluding hydrogens is 248 g/mol. The van der Waals surface area contributed by atoms with E-state index in [1.165, 1.54) is 37.7 Å². The lowest BCUT2D eigenvalue weighted by atomic mass is 9.82. The minimum atomic E-state index is 0.370. The quantitative estimate of drug-likeness (QED) is 0.726. The van der Waals surface area contributed by atoms with Gasteiger partial charge >= 0.3 is 0 Å². The first-order valence-electron chi connectivity index (χ1n) is 8.39. The third kappa shape index (κ3) is 3.63. The van der Waals surface area contributed by atoms with Crippen molar-refractivity contribution in [2.24, 2.45) is 0 Å². The first-order valence-corrected chi connectivity index (χ1v) is 8.39. The molecule has 0 spiro atoms. The molecule has 2 rings (SSSR count). The Balaban J connectivity index is 2.11. The normalized spacial score (nSPS) is 24.7. The van der Waals surface area contributed by atoms with Crippen LogP contribution >= 0.6 is 0 Å². The zero-order chi connectivity index (χ0) is 14.4. The lowest BCUT2D eigenvalue weighted by Gasteiger charge is -2.48. The third-order valence-electron chi connectivity index (χ3n) is 5.07. The molecule has 3 nitrogen and oxygen atoms in total. The molecule has 20 heavy (non-hydrogen) atoms. The summed E-state index contributed by atoms with van der Waals surface area (Å²) in [7, 11) is 0. The average Bonchev–Trinajstić information content (AvgIpc) is 2.95. The van der Waals surface area contributed by atoms with Crippen LogP contribution in [-0.4, -0.2) is 49.3 Å². The van der Waals surface area contributed by atoms with Crippen LogP contribution in [0.25, 0.3) is 0 Å². The number of nitrogens with zero attached hydrogens (tertiary/aromatic N) is 1. The van der Waals surface area contributed by atoms with Crippen molar-refractivity contribution in [2.45, 2.75) is 64.0 Å². The van der Waals surface area contributed by atoms with Crippen LogP contribution in [0, 0.1) is 0 Å². The number of hydrogen-bond donors (Lipinski definition) is 1. The molecule has 0 amide bonds. The molecule has 0 aromatic rings. The molecule has 1 saturated heterocycles. The highest BCUT2D eigenvalue weighted by Gasteiger charge is 2.45. The number of ether oxygens (including phenoxy) is 1. The smallest absolute Gasteiger partial charge is 0.0594 e. The largest absolute Gasteiger partial charge is 0.379 e. The predicted molar refractivity (Wildman–Crippen MR) is 85.1 cm³/mol. The van der Waals surface area contributed by atoms with Gasteiger partial charge < -0.3 is 10.1 Å². The van der Waals surface area contributed by atoms with Crippen molar-refractivity contribution in [2.75, 3.05) is 32.8 Å². The molecule has 116 valence electrons.